The van der Waals surface area contributed by atoms with Gasteiger partial charge in [-0.05, 0) is 12.8 Å². The zero-order valence-corrected chi connectivity index (χ0v) is 8.92. The molecule has 4 nitrogen and oxygen atoms in total. The van der Waals surface area contributed by atoms with Crippen molar-refractivity contribution in [2.75, 3.05) is 39.9 Å². The summed E-state index contributed by atoms with van der Waals surface area (Å²) < 4.78 is 4.93. The molecule has 1 rings (SSSR count). The maximum atomic E-state index is 11.6. The summed E-state index contributed by atoms with van der Waals surface area (Å²) in [5.74, 6) is 0.294. The van der Waals surface area contributed by atoms with E-state index in [1.54, 1.807) is 7.11 Å². The summed E-state index contributed by atoms with van der Waals surface area (Å²) in [5, 5.41) is 3.23. The van der Waals surface area contributed by atoms with Crippen molar-refractivity contribution in [2.24, 2.45) is 0 Å². The smallest absolute Gasteiger partial charge is 0.222 e. The van der Waals surface area contributed by atoms with E-state index < -0.39 is 0 Å². The summed E-state index contributed by atoms with van der Waals surface area (Å²) in [4.78, 5) is 13.6. The number of methoxy groups -OCH3 is 1. The number of unbranched alkanes of at least 4 members (excludes halogenated alkanes) is 1. The fourth-order valence-electron chi connectivity index (χ4n) is 1.59. The third-order valence-electron chi connectivity index (χ3n) is 2.46. The van der Waals surface area contributed by atoms with Crippen LogP contribution in [0.5, 0.6) is 0 Å². The second-order valence-electron chi connectivity index (χ2n) is 3.58. The van der Waals surface area contributed by atoms with Gasteiger partial charge in [-0.3, -0.25) is 4.79 Å². The first-order valence-corrected chi connectivity index (χ1v) is 5.32. The van der Waals surface area contributed by atoms with E-state index in [2.05, 4.69) is 5.32 Å². The Labute approximate surface area is 85.6 Å². The van der Waals surface area contributed by atoms with E-state index in [0.29, 0.717) is 12.3 Å². The van der Waals surface area contributed by atoms with Gasteiger partial charge in [-0.15, -0.1) is 0 Å². The number of carbonyl (C=O) groups is 1. The fraction of sp³-hybridized carbons (Fsp3) is 0.900. The van der Waals surface area contributed by atoms with Gasteiger partial charge >= 0.3 is 0 Å². The van der Waals surface area contributed by atoms with Gasteiger partial charge < -0.3 is 15.0 Å². The van der Waals surface area contributed by atoms with Gasteiger partial charge in [-0.2, -0.15) is 0 Å². The van der Waals surface area contributed by atoms with E-state index in [9.17, 15) is 4.79 Å². The number of carbonyl (C=O) groups excluding carboxylic acids is 1. The minimum Gasteiger partial charge on any atom is -0.385 e. The van der Waals surface area contributed by atoms with Crippen molar-refractivity contribution in [3.05, 3.63) is 0 Å². The van der Waals surface area contributed by atoms with Gasteiger partial charge in [0.05, 0.1) is 0 Å². The van der Waals surface area contributed by atoms with E-state index in [0.717, 1.165) is 45.6 Å². The predicted molar refractivity (Wildman–Crippen MR) is 55.2 cm³/mol. The van der Waals surface area contributed by atoms with Crippen LogP contribution in [0.1, 0.15) is 19.3 Å². The van der Waals surface area contributed by atoms with Crippen LogP contribution in [-0.4, -0.2) is 50.7 Å². The highest BCUT2D eigenvalue weighted by Crippen LogP contribution is 2.02. The van der Waals surface area contributed by atoms with E-state index in [1.807, 2.05) is 4.90 Å². The van der Waals surface area contributed by atoms with Gasteiger partial charge in [0.15, 0.2) is 0 Å². The zero-order chi connectivity index (χ0) is 10.2. The number of nitrogens with one attached hydrogen (secondary N) is 1. The molecule has 1 N–H and O–H groups in total. The molecule has 0 aromatic rings. The van der Waals surface area contributed by atoms with Crippen LogP contribution in [0.2, 0.25) is 0 Å². The molecule has 0 spiro atoms. The van der Waals surface area contributed by atoms with Crippen molar-refractivity contribution in [3.63, 3.8) is 0 Å². The highest BCUT2D eigenvalue weighted by molar-refractivity contribution is 5.76. The Balaban J connectivity index is 2.07. The first-order valence-electron chi connectivity index (χ1n) is 5.32. The van der Waals surface area contributed by atoms with Crippen LogP contribution < -0.4 is 5.32 Å². The summed E-state index contributed by atoms with van der Waals surface area (Å²) >= 11 is 0. The highest BCUT2D eigenvalue weighted by Gasteiger charge is 2.14. The largest absolute Gasteiger partial charge is 0.385 e. The van der Waals surface area contributed by atoms with Crippen LogP contribution in [0.3, 0.4) is 0 Å². The molecule has 14 heavy (non-hydrogen) atoms. The van der Waals surface area contributed by atoms with E-state index >= 15 is 0 Å². The van der Waals surface area contributed by atoms with Crippen LogP contribution in [0.4, 0.5) is 0 Å². The summed E-state index contributed by atoms with van der Waals surface area (Å²) in [6.45, 7) is 4.36. The minimum atomic E-state index is 0.294. The van der Waals surface area contributed by atoms with E-state index in [1.165, 1.54) is 0 Å². The monoisotopic (exact) mass is 200 g/mol. The van der Waals surface area contributed by atoms with Crippen molar-refractivity contribution in [2.45, 2.75) is 19.3 Å². The molecule has 0 radical (unpaired) electrons. The third kappa shape index (κ3) is 4.07. The average Bonchev–Trinajstić information content (AvgIpc) is 2.25. The molecule has 0 unspecified atom stereocenters. The van der Waals surface area contributed by atoms with Crippen LogP contribution in [0.25, 0.3) is 0 Å². The van der Waals surface area contributed by atoms with Gasteiger partial charge in [0.1, 0.15) is 0 Å². The Hall–Kier alpha value is -0.610. The number of hydrogen-bond donors (Lipinski definition) is 1. The normalized spacial score (nSPS) is 17.1. The Bertz CT molecular complexity index is 168. The lowest BCUT2D eigenvalue weighted by Crippen LogP contribution is -2.46. The zero-order valence-electron chi connectivity index (χ0n) is 8.92. The Morgan fingerprint density at radius 1 is 1.36 bits per heavy atom. The maximum absolute atomic E-state index is 11.6. The maximum Gasteiger partial charge on any atom is 0.222 e. The van der Waals surface area contributed by atoms with Crippen LogP contribution in [0, 0.1) is 0 Å². The number of ether oxygens (including phenoxy) is 1. The van der Waals surface area contributed by atoms with Crippen LogP contribution in [-0.2, 0) is 9.53 Å². The number of hydrogen-bond acceptors (Lipinski definition) is 3. The summed E-state index contributed by atoms with van der Waals surface area (Å²) in [7, 11) is 1.69. The molecule has 0 bridgehead atoms. The number of amides is 1. The lowest BCUT2D eigenvalue weighted by atomic mass is 10.2. The van der Waals surface area contributed by atoms with Gasteiger partial charge in [0.2, 0.25) is 5.91 Å². The first kappa shape index (κ1) is 11.5. The molecule has 82 valence electrons. The molecular formula is C10H20N2O2. The SMILES string of the molecule is COCCCCC(=O)N1CCNCC1. The lowest BCUT2D eigenvalue weighted by molar-refractivity contribution is -0.131. The summed E-state index contributed by atoms with van der Waals surface area (Å²) in [6, 6.07) is 0. The van der Waals surface area contributed by atoms with Crippen LogP contribution >= 0.6 is 0 Å². The molecule has 1 amide bonds. The summed E-state index contributed by atoms with van der Waals surface area (Å²) in [6.07, 6.45) is 2.59. The highest BCUT2D eigenvalue weighted by atomic mass is 16.5. The number of rotatable bonds is 5. The lowest BCUT2D eigenvalue weighted by Gasteiger charge is -2.27. The van der Waals surface area contributed by atoms with E-state index in [4.69, 9.17) is 4.74 Å². The quantitative estimate of drug-likeness (QED) is 0.646. The van der Waals surface area contributed by atoms with Crippen molar-refractivity contribution < 1.29 is 9.53 Å². The molecule has 0 aromatic carbocycles. The molecule has 0 saturated carbocycles. The van der Waals surface area contributed by atoms with Crippen molar-refractivity contribution in [1.29, 1.82) is 0 Å². The Kier molecular flexibility index (Phi) is 5.56. The molecular weight excluding hydrogens is 180 g/mol. The minimum absolute atomic E-state index is 0.294. The number of piperazine rings is 1. The van der Waals surface area contributed by atoms with Crippen LogP contribution in [0.15, 0.2) is 0 Å². The standard InChI is InChI=1S/C10H20N2O2/c1-14-9-3-2-4-10(13)12-7-5-11-6-8-12/h11H,2-9H2,1H3. The van der Waals surface area contributed by atoms with Crippen molar-refractivity contribution in [1.82, 2.24) is 10.2 Å². The van der Waals surface area contributed by atoms with Gasteiger partial charge in [-0.25, -0.2) is 0 Å². The Morgan fingerprint density at radius 3 is 2.71 bits per heavy atom. The van der Waals surface area contributed by atoms with E-state index in [-0.39, 0.29) is 0 Å². The predicted octanol–water partition coefficient (Wildman–Crippen LogP) is 0.235. The summed E-state index contributed by atoms with van der Waals surface area (Å²) in [5.41, 5.74) is 0. The topological polar surface area (TPSA) is 41.6 Å². The van der Waals surface area contributed by atoms with Gasteiger partial charge in [0, 0.05) is 46.3 Å². The molecule has 0 aromatic heterocycles. The molecule has 1 aliphatic rings. The molecule has 1 fully saturated rings. The Morgan fingerprint density at radius 2 is 2.07 bits per heavy atom. The molecule has 1 saturated heterocycles. The molecule has 1 aliphatic heterocycles. The third-order valence-corrected chi connectivity index (χ3v) is 2.46. The molecule has 0 atom stereocenters. The van der Waals surface area contributed by atoms with Crippen molar-refractivity contribution in [3.8, 4) is 0 Å². The molecule has 0 aliphatic carbocycles. The van der Waals surface area contributed by atoms with Crippen molar-refractivity contribution >= 4 is 5.91 Å². The van der Waals surface area contributed by atoms with Gasteiger partial charge in [-0.1, -0.05) is 0 Å². The first-order chi connectivity index (χ1) is 6.84. The second-order valence-corrected chi connectivity index (χ2v) is 3.58. The molecule has 4 heteroatoms. The number of nitrogens with zero attached hydrogens (tertiary/aromatic N) is 1. The average molecular weight is 200 g/mol. The fourth-order valence-corrected chi connectivity index (χ4v) is 1.59. The molecule has 1 heterocycles. The van der Waals surface area contributed by atoms with Gasteiger partial charge in [0.25, 0.3) is 0 Å². The second kappa shape index (κ2) is 6.79.